The average molecular weight is 255 g/mol. The molecule has 6 heteroatoms. The molecule has 0 spiro atoms. The molecule has 1 aliphatic carbocycles. The zero-order chi connectivity index (χ0) is 13.1. The average Bonchev–Trinajstić information content (AvgIpc) is 3.08. The molecule has 4 N–H and O–H groups in total. The standard InChI is InChI=1S/C12H21N3O3/c13-11(16)7-15-5-9(12(17)18)3-10(6-15)14-4-8-1-2-8/h8-10,14H,1-7H2,(H2,13,16)(H,17,18). The van der Waals surface area contributed by atoms with Crippen molar-refractivity contribution in [3.8, 4) is 0 Å². The molecule has 2 unspecified atom stereocenters. The third-order valence-corrected chi connectivity index (χ3v) is 3.65. The van der Waals surface area contributed by atoms with Gasteiger partial charge in [0.05, 0.1) is 12.5 Å². The van der Waals surface area contributed by atoms with Crippen LogP contribution in [0.3, 0.4) is 0 Å². The number of nitrogens with one attached hydrogen (secondary N) is 1. The van der Waals surface area contributed by atoms with Crippen molar-refractivity contribution in [2.45, 2.75) is 25.3 Å². The second-order valence-electron chi connectivity index (χ2n) is 5.48. The van der Waals surface area contributed by atoms with Gasteiger partial charge in [-0.1, -0.05) is 0 Å². The van der Waals surface area contributed by atoms with Crippen LogP contribution in [0.4, 0.5) is 0 Å². The van der Waals surface area contributed by atoms with E-state index >= 15 is 0 Å². The number of hydrogen-bond acceptors (Lipinski definition) is 4. The Balaban J connectivity index is 1.87. The summed E-state index contributed by atoms with van der Waals surface area (Å²) in [6.07, 6.45) is 3.18. The fourth-order valence-corrected chi connectivity index (χ4v) is 2.52. The molecule has 0 aromatic heterocycles. The number of carboxylic acid groups (broad SMARTS) is 1. The van der Waals surface area contributed by atoms with Gasteiger partial charge < -0.3 is 16.2 Å². The Labute approximate surface area is 107 Å². The zero-order valence-corrected chi connectivity index (χ0v) is 10.5. The lowest BCUT2D eigenvalue weighted by Crippen LogP contribution is -2.53. The number of amides is 1. The van der Waals surface area contributed by atoms with E-state index in [1.54, 1.807) is 0 Å². The molecule has 0 bridgehead atoms. The van der Waals surface area contributed by atoms with Crippen molar-refractivity contribution in [3.05, 3.63) is 0 Å². The Morgan fingerprint density at radius 1 is 1.33 bits per heavy atom. The largest absolute Gasteiger partial charge is 0.481 e. The maximum atomic E-state index is 11.1. The maximum absolute atomic E-state index is 11.1. The topological polar surface area (TPSA) is 95.7 Å². The van der Waals surface area contributed by atoms with E-state index in [-0.39, 0.29) is 12.6 Å². The van der Waals surface area contributed by atoms with Crippen LogP contribution in [-0.4, -0.2) is 54.1 Å². The normalized spacial score (nSPS) is 29.1. The van der Waals surface area contributed by atoms with Crippen molar-refractivity contribution < 1.29 is 14.7 Å². The molecule has 0 aromatic carbocycles. The summed E-state index contributed by atoms with van der Waals surface area (Å²) in [6, 6.07) is 0.153. The Morgan fingerprint density at radius 2 is 2.06 bits per heavy atom. The lowest BCUT2D eigenvalue weighted by molar-refractivity contribution is -0.144. The van der Waals surface area contributed by atoms with Gasteiger partial charge in [0.15, 0.2) is 0 Å². The number of carboxylic acids is 1. The van der Waals surface area contributed by atoms with Crippen LogP contribution in [0.1, 0.15) is 19.3 Å². The first-order valence-corrected chi connectivity index (χ1v) is 6.51. The summed E-state index contributed by atoms with van der Waals surface area (Å²) in [5.41, 5.74) is 5.17. The molecule has 0 radical (unpaired) electrons. The van der Waals surface area contributed by atoms with E-state index in [9.17, 15) is 9.59 Å². The summed E-state index contributed by atoms with van der Waals surface area (Å²) in [4.78, 5) is 23.9. The summed E-state index contributed by atoms with van der Waals surface area (Å²) < 4.78 is 0. The molecule has 1 aliphatic heterocycles. The van der Waals surface area contributed by atoms with Crippen molar-refractivity contribution in [3.63, 3.8) is 0 Å². The number of nitrogens with two attached hydrogens (primary N) is 1. The fourth-order valence-electron chi connectivity index (χ4n) is 2.52. The Morgan fingerprint density at radius 3 is 2.61 bits per heavy atom. The van der Waals surface area contributed by atoms with Crippen LogP contribution in [0.5, 0.6) is 0 Å². The number of nitrogens with zero attached hydrogens (tertiary/aromatic N) is 1. The molecule has 2 atom stereocenters. The molecule has 2 rings (SSSR count). The first kappa shape index (κ1) is 13.3. The molecule has 2 aliphatic rings. The highest BCUT2D eigenvalue weighted by Crippen LogP contribution is 2.28. The van der Waals surface area contributed by atoms with E-state index in [4.69, 9.17) is 10.8 Å². The lowest BCUT2D eigenvalue weighted by Gasteiger charge is -2.36. The highest BCUT2D eigenvalue weighted by atomic mass is 16.4. The summed E-state index contributed by atoms with van der Waals surface area (Å²) in [7, 11) is 0. The van der Waals surface area contributed by atoms with E-state index in [2.05, 4.69) is 5.32 Å². The van der Waals surface area contributed by atoms with Gasteiger partial charge >= 0.3 is 5.97 Å². The zero-order valence-electron chi connectivity index (χ0n) is 10.5. The van der Waals surface area contributed by atoms with Crippen LogP contribution in [0.2, 0.25) is 0 Å². The molecule has 1 amide bonds. The quantitative estimate of drug-likeness (QED) is 0.580. The minimum atomic E-state index is -0.789. The van der Waals surface area contributed by atoms with Gasteiger partial charge in [-0.15, -0.1) is 0 Å². The van der Waals surface area contributed by atoms with Crippen LogP contribution in [-0.2, 0) is 9.59 Å². The van der Waals surface area contributed by atoms with Gasteiger partial charge in [-0.05, 0) is 31.7 Å². The SMILES string of the molecule is NC(=O)CN1CC(NCC2CC2)CC(C(=O)O)C1. The molecular formula is C12H21N3O3. The van der Waals surface area contributed by atoms with E-state index in [1.165, 1.54) is 12.8 Å². The van der Waals surface area contributed by atoms with E-state index < -0.39 is 17.8 Å². The van der Waals surface area contributed by atoms with Crippen LogP contribution < -0.4 is 11.1 Å². The molecule has 1 heterocycles. The van der Waals surface area contributed by atoms with Crippen LogP contribution >= 0.6 is 0 Å². The smallest absolute Gasteiger partial charge is 0.307 e. The molecule has 1 saturated heterocycles. The molecule has 0 aromatic rings. The van der Waals surface area contributed by atoms with Crippen LogP contribution in [0.25, 0.3) is 0 Å². The summed E-state index contributed by atoms with van der Waals surface area (Å²) in [5.74, 6) is -0.834. The van der Waals surface area contributed by atoms with E-state index in [0.29, 0.717) is 19.5 Å². The number of primary amides is 1. The number of rotatable bonds is 6. The van der Waals surface area contributed by atoms with E-state index in [0.717, 1.165) is 12.5 Å². The van der Waals surface area contributed by atoms with Crippen molar-refractivity contribution in [1.29, 1.82) is 0 Å². The summed E-state index contributed by atoms with van der Waals surface area (Å²) >= 11 is 0. The van der Waals surface area contributed by atoms with Crippen LogP contribution in [0.15, 0.2) is 0 Å². The lowest BCUT2D eigenvalue weighted by atomic mass is 9.94. The summed E-state index contributed by atoms with van der Waals surface area (Å²) in [6.45, 7) is 2.23. The van der Waals surface area contributed by atoms with Gasteiger partial charge in [0.1, 0.15) is 0 Å². The minimum Gasteiger partial charge on any atom is -0.481 e. The van der Waals surface area contributed by atoms with Gasteiger partial charge in [-0.2, -0.15) is 0 Å². The number of carbonyl (C=O) groups excluding carboxylic acids is 1. The molecule has 6 nitrogen and oxygen atoms in total. The van der Waals surface area contributed by atoms with Gasteiger partial charge in [0, 0.05) is 19.1 Å². The maximum Gasteiger partial charge on any atom is 0.307 e. The first-order valence-electron chi connectivity index (χ1n) is 6.51. The number of carbonyl (C=O) groups is 2. The second-order valence-corrected chi connectivity index (χ2v) is 5.48. The fraction of sp³-hybridized carbons (Fsp3) is 0.833. The number of piperidine rings is 1. The summed E-state index contributed by atoms with van der Waals surface area (Å²) in [5, 5.41) is 12.5. The van der Waals surface area contributed by atoms with Gasteiger partial charge in [0.2, 0.25) is 5.91 Å². The highest BCUT2D eigenvalue weighted by Gasteiger charge is 2.32. The minimum absolute atomic E-state index is 0.144. The van der Waals surface area contributed by atoms with Crippen molar-refractivity contribution in [2.75, 3.05) is 26.2 Å². The predicted molar refractivity (Wildman–Crippen MR) is 65.9 cm³/mol. The predicted octanol–water partition coefficient (Wildman–Crippen LogP) is -0.754. The van der Waals surface area contributed by atoms with Crippen molar-refractivity contribution in [2.24, 2.45) is 17.6 Å². The highest BCUT2D eigenvalue weighted by molar-refractivity contribution is 5.76. The second kappa shape index (κ2) is 5.67. The third kappa shape index (κ3) is 3.96. The van der Waals surface area contributed by atoms with Crippen molar-refractivity contribution >= 4 is 11.9 Å². The molecule has 1 saturated carbocycles. The molecule has 102 valence electrons. The number of hydrogen-bond donors (Lipinski definition) is 3. The van der Waals surface area contributed by atoms with E-state index in [1.807, 2.05) is 4.90 Å². The Bertz CT molecular complexity index is 331. The van der Waals surface area contributed by atoms with Gasteiger partial charge in [-0.3, -0.25) is 14.5 Å². The first-order chi connectivity index (χ1) is 8.54. The molecule has 2 fully saturated rings. The molecular weight excluding hydrogens is 234 g/mol. The monoisotopic (exact) mass is 255 g/mol. The third-order valence-electron chi connectivity index (χ3n) is 3.65. The Hall–Kier alpha value is -1.14. The number of likely N-dealkylation sites (tertiary alicyclic amines) is 1. The Kier molecular flexibility index (Phi) is 4.19. The van der Waals surface area contributed by atoms with Gasteiger partial charge in [0.25, 0.3) is 0 Å². The number of aliphatic carboxylic acids is 1. The van der Waals surface area contributed by atoms with Crippen LogP contribution in [0, 0.1) is 11.8 Å². The molecule has 18 heavy (non-hydrogen) atoms. The van der Waals surface area contributed by atoms with Crippen molar-refractivity contribution in [1.82, 2.24) is 10.2 Å². The van der Waals surface area contributed by atoms with Gasteiger partial charge in [-0.25, -0.2) is 0 Å².